The van der Waals surface area contributed by atoms with Crippen LogP contribution in [0.25, 0.3) is 0 Å². The van der Waals surface area contributed by atoms with Crippen molar-refractivity contribution in [2.45, 2.75) is 0 Å². The average Bonchev–Trinajstić information content (AvgIpc) is 2.91. The highest BCUT2D eigenvalue weighted by Gasteiger charge is 2.29. The van der Waals surface area contributed by atoms with Crippen LogP contribution in [0.5, 0.6) is 0 Å². The molecular formula is C21H15Cl2N3. The van der Waals surface area contributed by atoms with E-state index in [-0.39, 0.29) is 0 Å². The number of halogens is 2. The van der Waals surface area contributed by atoms with Gasteiger partial charge in [-0.25, -0.2) is 9.98 Å². The maximum Gasteiger partial charge on any atom is 0.160 e. The number of rotatable bonds is 2. The molecule has 4 rings (SSSR count). The van der Waals surface area contributed by atoms with Gasteiger partial charge in [-0.05, 0) is 54.6 Å². The van der Waals surface area contributed by atoms with Crippen molar-refractivity contribution in [3.63, 3.8) is 0 Å². The van der Waals surface area contributed by atoms with Crippen molar-refractivity contribution in [3.05, 3.63) is 88.4 Å². The minimum Gasteiger partial charge on any atom is -0.327 e. The van der Waals surface area contributed by atoms with E-state index in [4.69, 9.17) is 33.2 Å². The molecule has 0 amide bonds. The van der Waals surface area contributed by atoms with E-state index in [1.165, 1.54) is 0 Å². The molecule has 0 aromatic heterocycles. The zero-order chi connectivity index (χ0) is 18.1. The fourth-order valence-corrected chi connectivity index (χ4v) is 3.13. The van der Waals surface area contributed by atoms with Gasteiger partial charge in [0, 0.05) is 22.7 Å². The highest BCUT2D eigenvalue weighted by Crippen LogP contribution is 2.32. The number of hydrogen-bond acceptors (Lipinski definition) is 2. The number of hydrogen-bond donors (Lipinski definition) is 0. The fourth-order valence-electron chi connectivity index (χ4n) is 2.88. The summed E-state index contributed by atoms with van der Waals surface area (Å²) in [5.74, 6) is 0.795. The number of aliphatic imine (C=N–C) groups is 2. The lowest BCUT2D eigenvalue weighted by Gasteiger charge is -2.13. The summed E-state index contributed by atoms with van der Waals surface area (Å²) in [6, 6.07) is 23.1. The van der Waals surface area contributed by atoms with Crippen LogP contribution < -0.4 is 4.90 Å². The maximum atomic E-state index is 5.99. The second-order valence-corrected chi connectivity index (χ2v) is 6.80. The molecule has 3 aromatic rings. The van der Waals surface area contributed by atoms with Gasteiger partial charge >= 0.3 is 0 Å². The molecule has 3 nitrogen and oxygen atoms in total. The van der Waals surface area contributed by atoms with Crippen LogP contribution in [0.15, 0.2) is 82.8 Å². The molecule has 0 unspecified atom stereocenters. The van der Waals surface area contributed by atoms with E-state index in [0.717, 1.165) is 34.2 Å². The van der Waals surface area contributed by atoms with Gasteiger partial charge in [-0.15, -0.1) is 0 Å². The van der Waals surface area contributed by atoms with Crippen LogP contribution in [0.3, 0.4) is 0 Å². The Kier molecular flexibility index (Phi) is 4.49. The van der Waals surface area contributed by atoms with Gasteiger partial charge in [0.15, 0.2) is 5.84 Å². The number of amidine groups is 1. The van der Waals surface area contributed by atoms with Crippen LogP contribution in [0.2, 0.25) is 10.0 Å². The van der Waals surface area contributed by atoms with Crippen LogP contribution in [0.1, 0.15) is 5.56 Å². The van der Waals surface area contributed by atoms with Crippen LogP contribution in [0, 0.1) is 0 Å². The third-order valence-corrected chi connectivity index (χ3v) is 4.68. The van der Waals surface area contributed by atoms with Gasteiger partial charge in [-0.1, -0.05) is 41.4 Å². The number of likely N-dealkylation sites (N-methyl/N-ethyl adjacent to an activating group) is 1. The van der Waals surface area contributed by atoms with Gasteiger partial charge in [0.1, 0.15) is 5.71 Å². The summed E-state index contributed by atoms with van der Waals surface area (Å²) in [6.07, 6.45) is 0. The van der Waals surface area contributed by atoms with Gasteiger partial charge < -0.3 is 4.90 Å². The molecule has 26 heavy (non-hydrogen) atoms. The molecule has 0 aliphatic carbocycles. The van der Waals surface area contributed by atoms with Crippen LogP contribution in [-0.2, 0) is 0 Å². The summed E-state index contributed by atoms with van der Waals surface area (Å²) in [6.45, 7) is 0. The lowest BCUT2D eigenvalue weighted by atomic mass is 10.1. The molecule has 0 fully saturated rings. The Morgan fingerprint density at radius 3 is 1.85 bits per heavy atom. The van der Waals surface area contributed by atoms with E-state index in [0.29, 0.717) is 10.0 Å². The molecule has 1 heterocycles. The number of benzene rings is 3. The Morgan fingerprint density at radius 1 is 0.692 bits per heavy atom. The van der Waals surface area contributed by atoms with Gasteiger partial charge in [-0.3, -0.25) is 0 Å². The summed E-state index contributed by atoms with van der Waals surface area (Å²) in [7, 11) is 2.00. The smallest absolute Gasteiger partial charge is 0.160 e. The topological polar surface area (TPSA) is 28.0 Å². The number of fused-ring (bicyclic) bond motifs is 1. The minimum atomic E-state index is 0.687. The van der Waals surface area contributed by atoms with Gasteiger partial charge in [-0.2, -0.15) is 0 Å². The molecular weight excluding hydrogens is 365 g/mol. The SMILES string of the molecule is CN1C(=Nc2ccc(Cl)cc2)C(=Nc2ccc(Cl)cc2)c2ccccc21. The first kappa shape index (κ1) is 16.8. The quantitative estimate of drug-likeness (QED) is 0.513. The third-order valence-electron chi connectivity index (χ3n) is 4.18. The lowest BCUT2D eigenvalue weighted by molar-refractivity contribution is 1.29. The van der Waals surface area contributed by atoms with E-state index in [9.17, 15) is 0 Å². The summed E-state index contributed by atoms with van der Waals surface area (Å²) in [5.41, 5.74) is 4.62. The van der Waals surface area contributed by atoms with E-state index >= 15 is 0 Å². The van der Waals surface area contributed by atoms with E-state index in [1.807, 2.05) is 67.7 Å². The van der Waals surface area contributed by atoms with Gasteiger partial charge in [0.2, 0.25) is 0 Å². The van der Waals surface area contributed by atoms with Gasteiger partial charge in [0.05, 0.1) is 17.1 Å². The molecule has 5 heteroatoms. The van der Waals surface area contributed by atoms with Crippen molar-refractivity contribution in [1.29, 1.82) is 0 Å². The molecule has 0 saturated carbocycles. The van der Waals surface area contributed by atoms with Crippen LogP contribution >= 0.6 is 23.2 Å². The Hall–Kier alpha value is -2.62. The summed E-state index contributed by atoms with van der Waals surface area (Å²) >= 11 is 12.0. The summed E-state index contributed by atoms with van der Waals surface area (Å²) in [5, 5.41) is 1.38. The molecule has 0 bridgehead atoms. The highest BCUT2D eigenvalue weighted by atomic mass is 35.5. The van der Waals surface area contributed by atoms with Crippen molar-refractivity contribution < 1.29 is 0 Å². The first-order valence-electron chi connectivity index (χ1n) is 8.14. The van der Waals surface area contributed by atoms with Gasteiger partial charge in [0.25, 0.3) is 0 Å². The molecule has 128 valence electrons. The average molecular weight is 380 g/mol. The Labute approximate surface area is 162 Å². The normalized spacial score (nSPS) is 16.3. The second kappa shape index (κ2) is 6.94. The van der Waals surface area contributed by atoms with Crippen molar-refractivity contribution in [2.24, 2.45) is 9.98 Å². The molecule has 0 spiro atoms. The summed E-state index contributed by atoms with van der Waals surface area (Å²) in [4.78, 5) is 11.7. The van der Waals surface area contributed by atoms with Crippen LogP contribution in [-0.4, -0.2) is 18.6 Å². The first-order chi connectivity index (χ1) is 12.6. The predicted octanol–water partition coefficient (Wildman–Crippen LogP) is 6.29. The molecule has 1 aliphatic heterocycles. The van der Waals surface area contributed by atoms with E-state index < -0.39 is 0 Å². The number of anilines is 1. The highest BCUT2D eigenvalue weighted by molar-refractivity contribution is 6.57. The van der Waals surface area contributed by atoms with Crippen molar-refractivity contribution in [1.82, 2.24) is 0 Å². The van der Waals surface area contributed by atoms with Crippen molar-refractivity contribution >= 4 is 51.8 Å². The molecule has 0 radical (unpaired) electrons. The predicted molar refractivity (Wildman–Crippen MR) is 111 cm³/mol. The zero-order valence-corrected chi connectivity index (χ0v) is 15.5. The van der Waals surface area contributed by atoms with E-state index in [2.05, 4.69) is 17.0 Å². The van der Waals surface area contributed by atoms with Crippen molar-refractivity contribution in [3.8, 4) is 0 Å². The third kappa shape index (κ3) is 3.24. The second-order valence-electron chi connectivity index (χ2n) is 5.92. The number of para-hydroxylation sites is 1. The standard InChI is InChI=1S/C21H15Cl2N3/c1-26-19-5-3-2-4-18(19)20(24-16-10-6-14(22)7-11-16)21(26)25-17-12-8-15(23)9-13-17/h2-13H,1H3. The van der Waals surface area contributed by atoms with Crippen molar-refractivity contribution in [2.75, 3.05) is 11.9 Å². The first-order valence-corrected chi connectivity index (χ1v) is 8.89. The molecule has 0 atom stereocenters. The maximum absolute atomic E-state index is 5.99. The largest absolute Gasteiger partial charge is 0.327 e. The molecule has 0 N–H and O–H groups in total. The fraction of sp³-hybridized carbons (Fsp3) is 0.0476. The monoisotopic (exact) mass is 379 g/mol. The van der Waals surface area contributed by atoms with Crippen LogP contribution in [0.4, 0.5) is 17.1 Å². The Morgan fingerprint density at radius 2 is 1.23 bits per heavy atom. The molecule has 1 aliphatic rings. The van der Waals surface area contributed by atoms with E-state index in [1.54, 1.807) is 0 Å². The molecule has 3 aromatic carbocycles. The lowest BCUT2D eigenvalue weighted by Crippen LogP contribution is -2.25. The molecule has 0 saturated heterocycles. The Bertz CT molecular complexity index is 1010. The number of nitrogens with zero attached hydrogens (tertiary/aromatic N) is 3. The minimum absolute atomic E-state index is 0.687. The Balaban J connectivity index is 1.86. The summed E-state index contributed by atoms with van der Waals surface area (Å²) < 4.78 is 0. The zero-order valence-electron chi connectivity index (χ0n) is 14.0.